The normalized spacial score (nSPS) is 18.6. The van der Waals surface area contributed by atoms with Gasteiger partial charge in [-0.05, 0) is 20.8 Å². The SMILES string of the molecule is CC(CN)N1CCN(c2nccn(C(C)C)c2=O)CC1. The molecule has 2 rings (SSSR count). The molecular weight excluding hydrogens is 254 g/mol. The molecule has 6 nitrogen and oxygen atoms in total. The minimum absolute atomic E-state index is 0.00261. The number of hydrogen-bond acceptors (Lipinski definition) is 5. The van der Waals surface area contributed by atoms with E-state index in [0.29, 0.717) is 18.4 Å². The first-order valence-corrected chi connectivity index (χ1v) is 7.30. The summed E-state index contributed by atoms with van der Waals surface area (Å²) in [6, 6.07) is 0.552. The van der Waals surface area contributed by atoms with Gasteiger partial charge >= 0.3 is 0 Å². The van der Waals surface area contributed by atoms with Gasteiger partial charge in [-0.2, -0.15) is 0 Å². The van der Waals surface area contributed by atoms with Crippen LogP contribution in [0.5, 0.6) is 0 Å². The average molecular weight is 279 g/mol. The molecule has 0 spiro atoms. The molecule has 0 bridgehead atoms. The maximum absolute atomic E-state index is 12.4. The van der Waals surface area contributed by atoms with Gasteiger partial charge < -0.3 is 15.2 Å². The summed E-state index contributed by atoms with van der Waals surface area (Å²) in [5.74, 6) is 0.571. The lowest BCUT2D eigenvalue weighted by Gasteiger charge is -2.38. The maximum atomic E-state index is 12.4. The Bertz CT molecular complexity index is 491. The quantitative estimate of drug-likeness (QED) is 0.858. The van der Waals surface area contributed by atoms with Crippen molar-refractivity contribution in [3.05, 3.63) is 22.7 Å². The van der Waals surface area contributed by atoms with Crippen molar-refractivity contribution in [3.63, 3.8) is 0 Å². The van der Waals surface area contributed by atoms with Crippen LogP contribution in [-0.4, -0.2) is 53.2 Å². The third-order valence-corrected chi connectivity index (χ3v) is 3.98. The molecule has 1 fully saturated rings. The summed E-state index contributed by atoms with van der Waals surface area (Å²) in [7, 11) is 0. The lowest BCUT2D eigenvalue weighted by atomic mass is 10.2. The lowest BCUT2D eigenvalue weighted by Crippen LogP contribution is -2.52. The number of nitrogens with two attached hydrogens (primary N) is 1. The third-order valence-electron chi connectivity index (χ3n) is 3.98. The minimum Gasteiger partial charge on any atom is -0.349 e. The monoisotopic (exact) mass is 279 g/mol. The van der Waals surface area contributed by atoms with Crippen LogP contribution in [0, 0.1) is 0 Å². The third kappa shape index (κ3) is 3.02. The first kappa shape index (κ1) is 15.0. The Morgan fingerprint density at radius 3 is 2.45 bits per heavy atom. The van der Waals surface area contributed by atoms with Crippen LogP contribution in [-0.2, 0) is 0 Å². The van der Waals surface area contributed by atoms with Crippen molar-refractivity contribution in [2.45, 2.75) is 32.9 Å². The molecule has 2 N–H and O–H groups in total. The summed E-state index contributed by atoms with van der Waals surface area (Å²) in [5, 5.41) is 0. The van der Waals surface area contributed by atoms with Crippen LogP contribution in [0.25, 0.3) is 0 Å². The molecule has 0 saturated carbocycles. The standard InChI is InChI=1S/C14H25N5O/c1-11(2)19-5-4-16-13(14(19)20)18-8-6-17(7-9-18)12(3)10-15/h4-5,11-12H,6-10,15H2,1-3H3. The Hall–Kier alpha value is -1.40. The molecule has 1 saturated heterocycles. The Kier molecular flexibility index (Phi) is 4.77. The summed E-state index contributed by atoms with van der Waals surface area (Å²) in [6.07, 6.45) is 3.47. The van der Waals surface area contributed by atoms with Crippen LogP contribution < -0.4 is 16.2 Å². The van der Waals surface area contributed by atoms with E-state index in [-0.39, 0.29) is 11.6 Å². The number of nitrogens with zero attached hydrogens (tertiary/aromatic N) is 4. The second kappa shape index (κ2) is 6.37. The van der Waals surface area contributed by atoms with Crippen molar-refractivity contribution in [1.29, 1.82) is 0 Å². The number of anilines is 1. The first-order valence-electron chi connectivity index (χ1n) is 7.30. The van der Waals surface area contributed by atoms with Gasteiger partial charge in [-0.25, -0.2) is 4.98 Å². The van der Waals surface area contributed by atoms with Crippen LogP contribution in [0.3, 0.4) is 0 Å². The highest BCUT2D eigenvalue weighted by molar-refractivity contribution is 5.36. The van der Waals surface area contributed by atoms with E-state index >= 15 is 0 Å². The van der Waals surface area contributed by atoms with Gasteiger partial charge in [-0.1, -0.05) is 0 Å². The van der Waals surface area contributed by atoms with Crippen LogP contribution in [0.2, 0.25) is 0 Å². The predicted molar refractivity (Wildman–Crippen MR) is 81.2 cm³/mol. The fourth-order valence-corrected chi connectivity index (χ4v) is 2.56. The minimum atomic E-state index is 0.00261. The molecule has 1 atom stereocenters. The lowest BCUT2D eigenvalue weighted by molar-refractivity contribution is 0.200. The van der Waals surface area contributed by atoms with Gasteiger partial charge in [-0.3, -0.25) is 9.69 Å². The smallest absolute Gasteiger partial charge is 0.293 e. The van der Waals surface area contributed by atoms with Gasteiger partial charge in [0.05, 0.1) is 0 Å². The predicted octanol–water partition coefficient (Wildman–Crippen LogP) is 0.293. The molecule has 112 valence electrons. The van der Waals surface area contributed by atoms with Crippen LogP contribution >= 0.6 is 0 Å². The molecule has 1 aliphatic heterocycles. The van der Waals surface area contributed by atoms with Crippen LogP contribution in [0.15, 0.2) is 17.2 Å². The van der Waals surface area contributed by atoms with Gasteiger partial charge in [-0.15, -0.1) is 0 Å². The number of aromatic nitrogens is 2. The van der Waals surface area contributed by atoms with Gasteiger partial charge in [0.1, 0.15) is 0 Å². The van der Waals surface area contributed by atoms with E-state index < -0.39 is 0 Å². The summed E-state index contributed by atoms with van der Waals surface area (Å²) in [6.45, 7) is 10.3. The van der Waals surface area contributed by atoms with Crippen molar-refractivity contribution in [2.75, 3.05) is 37.6 Å². The van der Waals surface area contributed by atoms with E-state index in [1.54, 1.807) is 17.0 Å². The molecule has 1 aromatic heterocycles. The highest BCUT2D eigenvalue weighted by atomic mass is 16.1. The molecule has 0 amide bonds. The van der Waals surface area contributed by atoms with E-state index in [1.807, 2.05) is 13.8 Å². The van der Waals surface area contributed by atoms with E-state index in [2.05, 4.69) is 21.7 Å². The maximum Gasteiger partial charge on any atom is 0.293 e. The Morgan fingerprint density at radius 1 is 1.25 bits per heavy atom. The van der Waals surface area contributed by atoms with E-state index in [0.717, 1.165) is 26.2 Å². The molecule has 1 aromatic rings. The average Bonchev–Trinajstić information content (AvgIpc) is 2.46. The zero-order valence-electron chi connectivity index (χ0n) is 12.6. The molecular formula is C14H25N5O. The van der Waals surface area contributed by atoms with Gasteiger partial charge in [0.25, 0.3) is 5.56 Å². The highest BCUT2D eigenvalue weighted by Crippen LogP contribution is 2.11. The van der Waals surface area contributed by atoms with Crippen LogP contribution in [0.4, 0.5) is 5.82 Å². The first-order chi connectivity index (χ1) is 9.54. The molecule has 0 radical (unpaired) electrons. The Balaban J connectivity index is 2.11. The van der Waals surface area contributed by atoms with Gasteiger partial charge in [0, 0.05) is 57.2 Å². The number of hydrogen-bond donors (Lipinski definition) is 1. The van der Waals surface area contributed by atoms with Crippen molar-refractivity contribution in [2.24, 2.45) is 5.73 Å². The van der Waals surface area contributed by atoms with E-state index in [9.17, 15) is 4.79 Å². The van der Waals surface area contributed by atoms with Crippen molar-refractivity contribution in [1.82, 2.24) is 14.5 Å². The zero-order chi connectivity index (χ0) is 14.7. The Labute approximate surface area is 120 Å². The van der Waals surface area contributed by atoms with Crippen molar-refractivity contribution < 1.29 is 0 Å². The molecule has 2 heterocycles. The van der Waals surface area contributed by atoms with Crippen molar-refractivity contribution in [3.8, 4) is 0 Å². The topological polar surface area (TPSA) is 67.4 Å². The fourth-order valence-electron chi connectivity index (χ4n) is 2.56. The van der Waals surface area contributed by atoms with Gasteiger partial charge in [0.15, 0.2) is 5.82 Å². The van der Waals surface area contributed by atoms with Crippen molar-refractivity contribution >= 4 is 5.82 Å². The summed E-state index contributed by atoms with van der Waals surface area (Å²) in [4.78, 5) is 21.1. The molecule has 1 aliphatic rings. The largest absolute Gasteiger partial charge is 0.349 e. The summed E-state index contributed by atoms with van der Waals surface area (Å²) >= 11 is 0. The summed E-state index contributed by atoms with van der Waals surface area (Å²) in [5.41, 5.74) is 5.71. The molecule has 20 heavy (non-hydrogen) atoms. The van der Waals surface area contributed by atoms with E-state index in [4.69, 9.17) is 5.73 Å². The second-order valence-electron chi connectivity index (χ2n) is 5.66. The molecule has 1 unspecified atom stereocenters. The van der Waals surface area contributed by atoms with E-state index in [1.165, 1.54) is 0 Å². The Morgan fingerprint density at radius 2 is 1.90 bits per heavy atom. The molecule has 6 heteroatoms. The fraction of sp³-hybridized carbons (Fsp3) is 0.714. The molecule has 0 aromatic carbocycles. The van der Waals surface area contributed by atoms with Crippen LogP contribution in [0.1, 0.15) is 26.8 Å². The zero-order valence-corrected chi connectivity index (χ0v) is 12.6. The molecule has 0 aliphatic carbocycles. The number of rotatable bonds is 4. The number of piperazine rings is 1. The highest BCUT2D eigenvalue weighted by Gasteiger charge is 2.23. The second-order valence-corrected chi connectivity index (χ2v) is 5.66. The van der Waals surface area contributed by atoms with Gasteiger partial charge in [0.2, 0.25) is 0 Å². The summed E-state index contributed by atoms with van der Waals surface area (Å²) < 4.78 is 1.73.